The SMILES string of the molecule is CC1=C(C(=O)OC2CCCC2)C(c2cccnc2)C2=C(CC(C)(C)CC2=O)N1. The molecule has 1 unspecified atom stereocenters. The van der Waals surface area contributed by atoms with Crippen LogP contribution in [0.4, 0.5) is 0 Å². The molecule has 1 aromatic rings. The van der Waals surface area contributed by atoms with Crippen LogP contribution in [0, 0.1) is 5.41 Å². The molecule has 1 atom stereocenters. The number of carbonyl (C=O) groups is 2. The zero-order valence-electron chi connectivity index (χ0n) is 16.9. The van der Waals surface area contributed by atoms with Gasteiger partial charge in [-0.05, 0) is 56.1 Å². The summed E-state index contributed by atoms with van der Waals surface area (Å²) in [6.45, 7) is 6.13. The third-order valence-corrected chi connectivity index (χ3v) is 6.05. The summed E-state index contributed by atoms with van der Waals surface area (Å²) < 4.78 is 5.84. The molecular weight excluding hydrogens is 352 g/mol. The largest absolute Gasteiger partial charge is 0.459 e. The van der Waals surface area contributed by atoms with E-state index in [0.717, 1.165) is 49.1 Å². The van der Waals surface area contributed by atoms with Crippen molar-refractivity contribution in [2.75, 3.05) is 0 Å². The highest BCUT2D eigenvalue weighted by molar-refractivity contribution is 6.04. The predicted octanol–water partition coefficient (Wildman–Crippen LogP) is 4.17. The van der Waals surface area contributed by atoms with Gasteiger partial charge in [0.2, 0.25) is 0 Å². The first-order chi connectivity index (χ1) is 13.4. The Morgan fingerprint density at radius 1 is 1.25 bits per heavy atom. The van der Waals surface area contributed by atoms with Crippen LogP contribution in [-0.2, 0) is 14.3 Å². The maximum Gasteiger partial charge on any atom is 0.337 e. The average Bonchev–Trinajstić information content (AvgIpc) is 3.13. The Morgan fingerprint density at radius 2 is 2.00 bits per heavy atom. The number of dihydropyridines is 1. The van der Waals surface area contributed by atoms with Crippen LogP contribution in [0.2, 0.25) is 0 Å². The molecule has 5 nitrogen and oxygen atoms in total. The summed E-state index contributed by atoms with van der Waals surface area (Å²) in [5.74, 6) is -0.622. The normalized spacial score (nSPS) is 24.8. The van der Waals surface area contributed by atoms with E-state index < -0.39 is 5.92 Å². The van der Waals surface area contributed by atoms with E-state index in [4.69, 9.17) is 4.74 Å². The van der Waals surface area contributed by atoms with Gasteiger partial charge in [0.05, 0.1) is 5.57 Å². The third kappa shape index (κ3) is 3.50. The van der Waals surface area contributed by atoms with Crippen LogP contribution in [0.5, 0.6) is 0 Å². The van der Waals surface area contributed by atoms with Gasteiger partial charge < -0.3 is 10.1 Å². The Morgan fingerprint density at radius 3 is 2.68 bits per heavy atom. The number of hydrogen-bond donors (Lipinski definition) is 1. The molecule has 1 N–H and O–H groups in total. The highest BCUT2D eigenvalue weighted by Gasteiger charge is 2.43. The maximum atomic E-state index is 13.2. The summed E-state index contributed by atoms with van der Waals surface area (Å²) in [7, 11) is 0. The van der Waals surface area contributed by atoms with E-state index in [-0.39, 0.29) is 23.3 Å². The number of rotatable bonds is 3. The molecule has 1 aliphatic heterocycles. The number of ketones is 1. The first kappa shape index (κ1) is 18.9. The molecule has 1 fully saturated rings. The molecule has 5 heteroatoms. The minimum atomic E-state index is -0.414. The van der Waals surface area contributed by atoms with Crippen LogP contribution in [0.25, 0.3) is 0 Å². The number of ether oxygens (including phenoxy) is 1. The Labute approximate surface area is 166 Å². The van der Waals surface area contributed by atoms with Crippen molar-refractivity contribution in [3.05, 3.63) is 52.6 Å². The lowest BCUT2D eigenvalue weighted by molar-refractivity contribution is -0.144. The average molecular weight is 380 g/mol. The van der Waals surface area contributed by atoms with Gasteiger partial charge in [0.1, 0.15) is 6.10 Å². The zero-order chi connectivity index (χ0) is 19.9. The third-order valence-electron chi connectivity index (χ3n) is 6.05. The molecule has 148 valence electrons. The van der Waals surface area contributed by atoms with Gasteiger partial charge >= 0.3 is 5.97 Å². The molecule has 2 heterocycles. The number of Topliss-reactive ketones (excluding diaryl/α,β-unsaturated/α-hetero) is 1. The minimum Gasteiger partial charge on any atom is -0.459 e. The number of esters is 1. The van der Waals surface area contributed by atoms with Crippen molar-refractivity contribution in [2.24, 2.45) is 5.41 Å². The fourth-order valence-electron chi connectivity index (χ4n) is 4.81. The minimum absolute atomic E-state index is 0.0151. The highest BCUT2D eigenvalue weighted by Crippen LogP contribution is 2.46. The predicted molar refractivity (Wildman–Crippen MR) is 106 cm³/mol. The monoisotopic (exact) mass is 380 g/mol. The van der Waals surface area contributed by atoms with Gasteiger partial charge in [0.25, 0.3) is 0 Å². The molecule has 28 heavy (non-hydrogen) atoms. The number of nitrogens with one attached hydrogen (secondary N) is 1. The molecule has 2 aliphatic carbocycles. The molecule has 4 rings (SSSR count). The molecule has 0 radical (unpaired) electrons. The summed E-state index contributed by atoms with van der Waals surface area (Å²) in [5, 5.41) is 3.38. The second-order valence-electron chi connectivity index (χ2n) is 9.03. The van der Waals surface area contributed by atoms with E-state index >= 15 is 0 Å². The van der Waals surface area contributed by atoms with Gasteiger partial charge in [-0.2, -0.15) is 0 Å². The summed E-state index contributed by atoms with van der Waals surface area (Å²) >= 11 is 0. The number of pyridine rings is 1. The molecule has 0 aromatic carbocycles. The van der Waals surface area contributed by atoms with E-state index in [9.17, 15) is 9.59 Å². The second-order valence-corrected chi connectivity index (χ2v) is 9.03. The Hall–Kier alpha value is -2.43. The van der Waals surface area contributed by atoms with Crippen LogP contribution in [-0.4, -0.2) is 22.8 Å². The fourth-order valence-corrected chi connectivity index (χ4v) is 4.81. The van der Waals surface area contributed by atoms with Crippen molar-refractivity contribution in [2.45, 2.75) is 71.3 Å². The van der Waals surface area contributed by atoms with Crippen LogP contribution in [0.1, 0.15) is 70.8 Å². The lowest BCUT2D eigenvalue weighted by Gasteiger charge is -2.39. The molecule has 0 amide bonds. The van der Waals surface area contributed by atoms with Gasteiger partial charge in [-0.15, -0.1) is 0 Å². The Kier molecular flexibility index (Phi) is 4.86. The molecule has 1 aromatic heterocycles. The van der Waals surface area contributed by atoms with Gasteiger partial charge in [-0.1, -0.05) is 19.9 Å². The molecule has 3 aliphatic rings. The van der Waals surface area contributed by atoms with E-state index in [1.54, 1.807) is 12.4 Å². The number of nitrogens with zero attached hydrogens (tertiary/aromatic N) is 1. The maximum absolute atomic E-state index is 13.2. The molecule has 0 saturated heterocycles. The summed E-state index contributed by atoms with van der Waals surface area (Å²) in [6, 6.07) is 3.79. The van der Waals surface area contributed by atoms with Gasteiger partial charge in [0.15, 0.2) is 5.78 Å². The van der Waals surface area contributed by atoms with Crippen LogP contribution in [0.15, 0.2) is 47.1 Å². The first-order valence-electron chi connectivity index (χ1n) is 10.2. The quantitative estimate of drug-likeness (QED) is 0.797. The number of aromatic nitrogens is 1. The number of carbonyl (C=O) groups excluding carboxylic acids is 2. The second kappa shape index (κ2) is 7.19. The van der Waals surface area contributed by atoms with Crippen molar-refractivity contribution >= 4 is 11.8 Å². The van der Waals surface area contributed by atoms with Crippen LogP contribution < -0.4 is 5.32 Å². The highest BCUT2D eigenvalue weighted by atomic mass is 16.5. The van der Waals surface area contributed by atoms with Crippen molar-refractivity contribution in [3.63, 3.8) is 0 Å². The fraction of sp³-hybridized carbons (Fsp3) is 0.522. The van der Waals surface area contributed by atoms with Crippen molar-refractivity contribution < 1.29 is 14.3 Å². The van der Waals surface area contributed by atoms with Crippen molar-refractivity contribution in [3.8, 4) is 0 Å². The first-order valence-corrected chi connectivity index (χ1v) is 10.2. The van der Waals surface area contributed by atoms with E-state index in [2.05, 4.69) is 24.1 Å². The molecule has 0 spiro atoms. The molecule has 0 bridgehead atoms. The Bertz CT molecular complexity index is 861. The molecular formula is C23H28N2O3. The lowest BCUT2D eigenvalue weighted by atomic mass is 9.69. The van der Waals surface area contributed by atoms with Crippen molar-refractivity contribution in [1.29, 1.82) is 0 Å². The zero-order valence-corrected chi connectivity index (χ0v) is 16.9. The lowest BCUT2D eigenvalue weighted by Crippen LogP contribution is -2.39. The van der Waals surface area contributed by atoms with E-state index in [1.165, 1.54) is 0 Å². The van der Waals surface area contributed by atoms with Crippen LogP contribution in [0.3, 0.4) is 0 Å². The number of allylic oxidation sites excluding steroid dienone is 3. The van der Waals surface area contributed by atoms with E-state index in [1.807, 2.05) is 19.1 Å². The van der Waals surface area contributed by atoms with Gasteiger partial charge in [-0.3, -0.25) is 9.78 Å². The molecule has 1 saturated carbocycles. The van der Waals surface area contributed by atoms with Gasteiger partial charge in [0, 0.05) is 41.7 Å². The standard InChI is InChI=1S/C23H28N2O3/c1-14-19(22(27)28-16-8-4-5-9-16)20(15-7-6-10-24-13-15)21-17(25-14)11-23(2,3)12-18(21)26/h6-7,10,13,16,20,25H,4-5,8-9,11-12H2,1-3H3. The van der Waals surface area contributed by atoms with Gasteiger partial charge in [-0.25, -0.2) is 4.79 Å². The van der Waals surface area contributed by atoms with Crippen LogP contribution >= 0.6 is 0 Å². The topological polar surface area (TPSA) is 68.3 Å². The van der Waals surface area contributed by atoms with Crippen molar-refractivity contribution in [1.82, 2.24) is 10.3 Å². The summed E-state index contributed by atoms with van der Waals surface area (Å²) in [6.07, 6.45) is 8.75. The number of hydrogen-bond acceptors (Lipinski definition) is 5. The summed E-state index contributed by atoms with van der Waals surface area (Å²) in [4.78, 5) is 30.6. The van der Waals surface area contributed by atoms with E-state index in [0.29, 0.717) is 17.6 Å². The summed E-state index contributed by atoms with van der Waals surface area (Å²) in [5.41, 5.74) is 3.74. The Balaban J connectivity index is 1.76. The smallest absolute Gasteiger partial charge is 0.337 e.